The molecular formula is C18H25Cl2N3O2S. The third-order valence-corrected chi connectivity index (χ3v) is 5.87. The molecule has 1 aromatic carbocycles. The highest BCUT2D eigenvalue weighted by atomic mass is 35.5. The fourth-order valence-electron chi connectivity index (χ4n) is 2.76. The molecule has 0 saturated carbocycles. The maximum atomic E-state index is 12.7. The maximum Gasteiger partial charge on any atom is 0.235 e. The van der Waals surface area contributed by atoms with Crippen LogP contribution < -0.4 is 5.32 Å². The maximum absolute atomic E-state index is 12.7. The summed E-state index contributed by atoms with van der Waals surface area (Å²) in [7, 11) is 0. The summed E-state index contributed by atoms with van der Waals surface area (Å²) in [5.74, 6) is 0.108. The Labute approximate surface area is 169 Å². The highest BCUT2D eigenvalue weighted by Gasteiger charge is 2.26. The third kappa shape index (κ3) is 6.34. The van der Waals surface area contributed by atoms with Crippen LogP contribution in [0.25, 0.3) is 0 Å². The number of halogens is 2. The van der Waals surface area contributed by atoms with Gasteiger partial charge in [-0.2, -0.15) is 0 Å². The van der Waals surface area contributed by atoms with Crippen LogP contribution in [-0.2, 0) is 9.59 Å². The molecular weight excluding hydrogens is 393 g/mol. The first-order valence-corrected chi connectivity index (χ1v) is 10.3. The molecule has 144 valence electrons. The fourth-order valence-corrected chi connectivity index (χ4v) is 4.26. The van der Waals surface area contributed by atoms with Gasteiger partial charge in [-0.05, 0) is 39.0 Å². The minimum Gasteiger partial charge on any atom is -0.353 e. The lowest BCUT2D eigenvalue weighted by atomic mass is 10.2. The van der Waals surface area contributed by atoms with Gasteiger partial charge in [-0.1, -0.05) is 23.2 Å². The number of benzene rings is 1. The standard InChI is InChI=1S/C18H25Cl2N3O2S/c1-12(2)21-17(24)11-22-6-8-23(9-7-22)18(25)13(3)26-16-10-14(19)4-5-15(16)20/h4-5,10,12-13H,6-9,11H2,1-3H3,(H,21,24). The summed E-state index contributed by atoms with van der Waals surface area (Å²) < 4.78 is 0. The second kappa shape index (κ2) is 9.83. The molecule has 26 heavy (non-hydrogen) atoms. The molecule has 1 aromatic rings. The smallest absolute Gasteiger partial charge is 0.235 e. The molecule has 0 aromatic heterocycles. The molecule has 1 aliphatic heterocycles. The Kier molecular flexibility index (Phi) is 8.07. The van der Waals surface area contributed by atoms with Crippen molar-refractivity contribution in [2.45, 2.75) is 37.0 Å². The summed E-state index contributed by atoms with van der Waals surface area (Å²) in [6.45, 7) is 8.80. The Bertz CT molecular complexity index is 649. The fraction of sp³-hybridized carbons (Fsp3) is 0.556. The van der Waals surface area contributed by atoms with Gasteiger partial charge in [-0.3, -0.25) is 14.5 Å². The van der Waals surface area contributed by atoms with Crippen molar-refractivity contribution in [2.24, 2.45) is 0 Å². The number of thioether (sulfide) groups is 1. The molecule has 0 spiro atoms. The number of amides is 2. The van der Waals surface area contributed by atoms with Crippen LogP contribution in [-0.4, -0.2) is 65.6 Å². The van der Waals surface area contributed by atoms with Gasteiger partial charge < -0.3 is 10.2 Å². The van der Waals surface area contributed by atoms with E-state index in [-0.39, 0.29) is 23.1 Å². The molecule has 0 aliphatic carbocycles. The number of piperazine rings is 1. The van der Waals surface area contributed by atoms with Crippen LogP contribution in [0, 0.1) is 0 Å². The van der Waals surface area contributed by atoms with Gasteiger partial charge in [0.05, 0.1) is 16.8 Å². The Morgan fingerprint density at radius 2 is 1.81 bits per heavy atom. The van der Waals surface area contributed by atoms with Crippen molar-refractivity contribution in [3.8, 4) is 0 Å². The molecule has 1 unspecified atom stereocenters. The SMILES string of the molecule is CC(C)NC(=O)CN1CCN(C(=O)C(C)Sc2cc(Cl)ccc2Cl)CC1. The van der Waals surface area contributed by atoms with Crippen LogP contribution in [0.5, 0.6) is 0 Å². The molecule has 1 aliphatic rings. The quantitative estimate of drug-likeness (QED) is 0.722. The van der Waals surface area contributed by atoms with Crippen molar-refractivity contribution < 1.29 is 9.59 Å². The zero-order valence-electron chi connectivity index (χ0n) is 15.3. The van der Waals surface area contributed by atoms with Crippen molar-refractivity contribution in [3.63, 3.8) is 0 Å². The van der Waals surface area contributed by atoms with Gasteiger partial charge in [-0.15, -0.1) is 11.8 Å². The second-order valence-electron chi connectivity index (χ2n) is 6.66. The molecule has 0 bridgehead atoms. The van der Waals surface area contributed by atoms with Gasteiger partial charge in [0, 0.05) is 42.1 Å². The minimum absolute atomic E-state index is 0.0271. The summed E-state index contributed by atoms with van der Waals surface area (Å²) in [6.07, 6.45) is 0. The van der Waals surface area contributed by atoms with E-state index < -0.39 is 0 Å². The Hall–Kier alpha value is -0.950. The molecule has 0 radical (unpaired) electrons. The van der Waals surface area contributed by atoms with E-state index in [0.717, 1.165) is 4.90 Å². The van der Waals surface area contributed by atoms with Crippen molar-refractivity contribution in [2.75, 3.05) is 32.7 Å². The predicted octanol–water partition coefficient (Wildman–Crippen LogP) is 3.14. The van der Waals surface area contributed by atoms with E-state index in [2.05, 4.69) is 10.2 Å². The van der Waals surface area contributed by atoms with E-state index in [1.165, 1.54) is 11.8 Å². The van der Waals surface area contributed by atoms with E-state index >= 15 is 0 Å². The topological polar surface area (TPSA) is 52.7 Å². The van der Waals surface area contributed by atoms with E-state index in [4.69, 9.17) is 23.2 Å². The lowest BCUT2D eigenvalue weighted by molar-refractivity contribution is -0.132. The summed E-state index contributed by atoms with van der Waals surface area (Å²) in [6, 6.07) is 5.39. The first-order chi connectivity index (χ1) is 12.3. The van der Waals surface area contributed by atoms with Gasteiger partial charge in [0.25, 0.3) is 0 Å². The van der Waals surface area contributed by atoms with Crippen LogP contribution in [0.1, 0.15) is 20.8 Å². The van der Waals surface area contributed by atoms with E-state index in [1.54, 1.807) is 18.2 Å². The van der Waals surface area contributed by atoms with Gasteiger partial charge in [0.15, 0.2) is 0 Å². The van der Waals surface area contributed by atoms with Gasteiger partial charge in [-0.25, -0.2) is 0 Å². The normalized spacial score (nSPS) is 16.6. The molecule has 1 saturated heterocycles. The number of carbonyl (C=O) groups excluding carboxylic acids is 2. The summed E-state index contributed by atoms with van der Waals surface area (Å²) in [5.41, 5.74) is 0. The van der Waals surface area contributed by atoms with Gasteiger partial charge >= 0.3 is 0 Å². The summed E-state index contributed by atoms with van der Waals surface area (Å²) in [4.78, 5) is 29.3. The number of rotatable bonds is 6. The van der Waals surface area contributed by atoms with E-state index in [0.29, 0.717) is 42.8 Å². The molecule has 8 heteroatoms. The minimum atomic E-state index is -0.248. The monoisotopic (exact) mass is 417 g/mol. The highest BCUT2D eigenvalue weighted by molar-refractivity contribution is 8.00. The largest absolute Gasteiger partial charge is 0.353 e. The van der Waals surface area contributed by atoms with E-state index in [1.807, 2.05) is 25.7 Å². The number of nitrogens with one attached hydrogen (secondary N) is 1. The zero-order valence-corrected chi connectivity index (χ0v) is 17.6. The zero-order chi connectivity index (χ0) is 19.3. The molecule has 5 nitrogen and oxygen atoms in total. The lowest BCUT2D eigenvalue weighted by Gasteiger charge is -2.35. The molecule has 1 fully saturated rings. The Morgan fingerprint density at radius 1 is 1.15 bits per heavy atom. The second-order valence-corrected chi connectivity index (χ2v) is 8.88. The van der Waals surface area contributed by atoms with Crippen molar-refractivity contribution in [3.05, 3.63) is 28.2 Å². The molecule has 1 atom stereocenters. The molecule has 1 heterocycles. The van der Waals surface area contributed by atoms with Crippen LogP contribution in [0.2, 0.25) is 10.0 Å². The highest BCUT2D eigenvalue weighted by Crippen LogP contribution is 2.33. The third-order valence-electron chi connectivity index (χ3n) is 4.05. The van der Waals surface area contributed by atoms with Crippen molar-refractivity contribution in [1.29, 1.82) is 0 Å². The average molecular weight is 418 g/mol. The molecule has 2 amide bonds. The number of carbonyl (C=O) groups is 2. The van der Waals surface area contributed by atoms with Crippen molar-refractivity contribution >= 4 is 46.8 Å². The van der Waals surface area contributed by atoms with Crippen LogP contribution in [0.4, 0.5) is 0 Å². The first kappa shape index (κ1) is 21.4. The average Bonchev–Trinajstić information content (AvgIpc) is 2.57. The lowest BCUT2D eigenvalue weighted by Crippen LogP contribution is -2.52. The Morgan fingerprint density at radius 3 is 2.42 bits per heavy atom. The van der Waals surface area contributed by atoms with E-state index in [9.17, 15) is 9.59 Å². The Balaban J connectivity index is 1.83. The van der Waals surface area contributed by atoms with Crippen LogP contribution in [0.3, 0.4) is 0 Å². The van der Waals surface area contributed by atoms with Gasteiger partial charge in [0.2, 0.25) is 11.8 Å². The molecule has 2 rings (SSSR count). The number of hydrogen-bond acceptors (Lipinski definition) is 4. The first-order valence-electron chi connectivity index (χ1n) is 8.68. The predicted molar refractivity (Wildman–Crippen MR) is 108 cm³/mol. The summed E-state index contributed by atoms with van der Waals surface area (Å²) >= 11 is 13.6. The van der Waals surface area contributed by atoms with Crippen LogP contribution in [0.15, 0.2) is 23.1 Å². The number of hydrogen-bond donors (Lipinski definition) is 1. The van der Waals surface area contributed by atoms with Crippen LogP contribution >= 0.6 is 35.0 Å². The van der Waals surface area contributed by atoms with Crippen molar-refractivity contribution in [1.82, 2.24) is 15.1 Å². The number of nitrogens with zero attached hydrogens (tertiary/aromatic N) is 2. The summed E-state index contributed by atoms with van der Waals surface area (Å²) in [5, 5.41) is 3.84. The van der Waals surface area contributed by atoms with Gasteiger partial charge in [0.1, 0.15) is 0 Å². The molecule has 1 N–H and O–H groups in total.